The highest BCUT2D eigenvalue weighted by molar-refractivity contribution is 5.95. The average Bonchev–Trinajstić information content (AvgIpc) is 2.53. The zero-order chi connectivity index (χ0) is 15.7. The molecule has 4 heteroatoms. The number of aromatic hydroxyl groups is 1. The Bertz CT molecular complexity index is 874. The molecule has 0 bridgehead atoms. The standard InChI is InChI=1S/C18H14FNO2/c1-2-14-12(10-21)6-7-15-18(14)17(22)9-16(20-15)11-4-3-5-13(19)8-11/h2-9,21H,1,10H2,(H,20,22). The van der Waals surface area contributed by atoms with Crippen molar-refractivity contribution < 1.29 is 14.6 Å². The SMILES string of the molecule is C=Cc1c(CO)ccc2nc(-c3cccc(F)c3)cc(O)c12. The Labute approximate surface area is 127 Å². The Morgan fingerprint density at radius 2 is 2.00 bits per heavy atom. The smallest absolute Gasteiger partial charge is 0.127 e. The molecule has 110 valence electrons. The van der Waals surface area contributed by atoms with Gasteiger partial charge in [0.15, 0.2) is 0 Å². The quantitative estimate of drug-likeness (QED) is 0.771. The van der Waals surface area contributed by atoms with E-state index < -0.39 is 0 Å². The first kappa shape index (κ1) is 14.2. The summed E-state index contributed by atoms with van der Waals surface area (Å²) in [5.41, 5.74) is 2.94. The molecular weight excluding hydrogens is 281 g/mol. The molecule has 1 heterocycles. The molecule has 0 radical (unpaired) electrons. The maximum atomic E-state index is 13.4. The Balaban J connectivity index is 2.28. The lowest BCUT2D eigenvalue weighted by molar-refractivity contribution is 0.282. The van der Waals surface area contributed by atoms with Crippen molar-refractivity contribution in [1.29, 1.82) is 0 Å². The largest absolute Gasteiger partial charge is 0.507 e. The molecule has 0 aliphatic heterocycles. The summed E-state index contributed by atoms with van der Waals surface area (Å²) in [5.74, 6) is -0.337. The van der Waals surface area contributed by atoms with Gasteiger partial charge in [-0.3, -0.25) is 0 Å². The van der Waals surface area contributed by atoms with Gasteiger partial charge in [0.25, 0.3) is 0 Å². The zero-order valence-electron chi connectivity index (χ0n) is 11.8. The van der Waals surface area contributed by atoms with Crippen molar-refractivity contribution in [3.8, 4) is 17.0 Å². The average molecular weight is 295 g/mol. The van der Waals surface area contributed by atoms with E-state index in [1.807, 2.05) is 0 Å². The van der Waals surface area contributed by atoms with Gasteiger partial charge in [0.05, 0.1) is 17.8 Å². The second-order valence-electron chi connectivity index (χ2n) is 4.93. The molecule has 0 saturated carbocycles. The van der Waals surface area contributed by atoms with Crippen molar-refractivity contribution in [2.75, 3.05) is 0 Å². The summed E-state index contributed by atoms with van der Waals surface area (Å²) in [6, 6.07) is 11.0. The van der Waals surface area contributed by atoms with Crippen LogP contribution in [0, 0.1) is 5.82 Å². The van der Waals surface area contributed by atoms with E-state index in [9.17, 15) is 14.6 Å². The van der Waals surface area contributed by atoms with Crippen LogP contribution >= 0.6 is 0 Å². The van der Waals surface area contributed by atoms with Crippen LogP contribution in [0.1, 0.15) is 11.1 Å². The monoisotopic (exact) mass is 295 g/mol. The normalized spacial score (nSPS) is 10.8. The number of fused-ring (bicyclic) bond motifs is 1. The lowest BCUT2D eigenvalue weighted by atomic mass is 10.00. The molecule has 3 rings (SSSR count). The maximum Gasteiger partial charge on any atom is 0.127 e. The van der Waals surface area contributed by atoms with Crippen LogP contribution in [0.15, 0.2) is 49.0 Å². The Kier molecular flexibility index (Phi) is 3.61. The van der Waals surface area contributed by atoms with Crippen molar-refractivity contribution in [2.24, 2.45) is 0 Å². The molecule has 22 heavy (non-hydrogen) atoms. The number of hydrogen-bond acceptors (Lipinski definition) is 3. The van der Waals surface area contributed by atoms with Gasteiger partial charge in [-0.05, 0) is 29.3 Å². The number of hydrogen-bond donors (Lipinski definition) is 2. The minimum absolute atomic E-state index is 0.0226. The van der Waals surface area contributed by atoms with Gasteiger partial charge in [-0.15, -0.1) is 0 Å². The van der Waals surface area contributed by atoms with Crippen molar-refractivity contribution in [2.45, 2.75) is 6.61 Å². The highest BCUT2D eigenvalue weighted by atomic mass is 19.1. The maximum absolute atomic E-state index is 13.4. The second-order valence-corrected chi connectivity index (χ2v) is 4.93. The number of benzene rings is 2. The zero-order valence-corrected chi connectivity index (χ0v) is 11.8. The van der Waals surface area contributed by atoms with Gasteiger partial charge in [-0.1, -0.05) is 30.9 Å². The number of aliphatic hydroxyl groups is 1. The van der Waals surface area contributed by atoms with Crippen LogP contribution in [0.5, 0.6) is 5.75 Å². The van der Waals surface area contributed by atoms with Crippen LogP contribution in [0.2, 0.25) is 0 Å². The van der Waals surface area contributed by atoms with E-state index >= 15 is 0 Å². The fourth-order valence-corrected chi connectivity index (χ4v) is 2.54. The van der Waals surface area contributed by atoms with E-state index in [0.29, 0.717) is 33.3 Å². The van der Waals surface area contributed by atoms with E-state index in [2.05, 4.69) is 11.6 Å². The Morgan fingerprint density at radius 1 is 1.18 bits per heavy atom. The van der Waals surface area contributed by atoms with Crippen molar-refractivity contribution in [3.63, 3.8) is 0 Å². The molecule has 0 aliphatic carbocycles. The number of nitrogens with zero attached hydrogens (tertiary/aromatic N) is 1. The predicted octanol–water partition coefficient (Wildman–Crippen LogP) is 3.88. The summed E-state index contributed by atoms with van der Waals surface area (Å²) in [7, 11) is 0. The Hall–Kier alpha value is -2.72. The molecule has 3 aromatic rings. The highest BCUT2D eigenvalue weighted by Crippen LogP contribution is 2.33. The molecule has 2 N–H and O–H groups in total. The highest BCUT2D eigenvalue weighted by Gasteiger charge is 2.12. The molecule has 0 unspecified atom stereocenters. The van der Waals surface area contributed by atoms with Crippen molar-refractivity contribution in [1.82, 2.24) is 4.98 Å². The van der Waals surface area contributed by atoms with Crippen LogP contribution in [0.25, 0.3) is 28.2 Å². The second kappa shape index (κ2) is 5.58. The topological polar surface area (TPSA) is 53.4 Å². The lowest BCUT2D eigenvalue weighted by Gasteiger charge is -2.11. The molecule has 2 aromatic carbocycles. The first-order valence-electron chi connectivity index (χ1n) is 6.79. The minimum atomic E-state index is -0.360. The summed E-state index contributed by atoms with van der Waals surface area (Å²) in [6.07, 6.45) is 1.58. The molecule has 0 saturated heterocycles. The van der Waals surface area contributed by atoms with Gasteiger partial charge in [0, 0.05) is 17.0 Å². The van der Waals surface area contributed by atoms with Crippen LogP contribution in [0.4, 0.5) is 4.39 Å². The van der Waals surface area contributed by atoms with Crippen LogP contribution in [-0.4, -0.2) is 15.2 Å². The summed E-state index contributed by atoms with van der Waals surface area (Å²) < 4.78 is 13.4. The third-order valence-corrected chi connectivity index (χ3v) is 3.58. The van der Waals surface area contributed by atoms with Crippen molar-refractivity contribution in [3.05, 3.63) is 66.0 Å². The summed E-state index contributed by atoms with van der Waals surface area (Å²) >= 11 is 0. The third-order valence-electron chi connectivity index (χ3n) is 3.58. The molecule has 0 spiro atoms. The van der Waals surface area contributed by atoms with Gasteiger partial charge in [-0.25, -0.2) is 9.37 Å². The van der Waals surface area contributed by atoms with E-state index in [1.54, 1.807) is 30.3 Å². The summed E-state index contributed by atoms with van der Waals surface area (Å²) in [6.45, 7) is 3.57. The van der Waals surface area contributed by atoms with Crippen molar-refractivity contribution >= 4 is 17.0 Å². The van der Waals surface area contributed by atoms with Crippen LogP contribution < -0.4 is 0 Å². The predicted molar refractivity (Wildman–Crippen MR) is 84.8 cm³/mol. The number of pyridine rings is 1. The summed E-state index contributed by atoms with van der Waals surface area (Å²) in [5, 5.41) is 20.3. The molecule has 0 fully saturated rings. The lowest BCUT2D eigenvalue weighted by Crippen LogP contribution is -1.94. The van der Waals surface area contributed by atoms with Gasteiger partial charge in [-0.2, -0.15) is 0 Å². The van der Waals surface area contributed by atoms with E-state index in [0.717, 1.165) is 0 Å². The molecule has 0 amide bonds. The van der Waals surface area contributed by atoms with Gasteiger partial charge in [0.1, 0.15) is 11.6 Å². The van der Waals surface area contributed by atoms with Gasteiger partial charge < -0.3 is 10.2 Å². The number of halogens is 1. The van der Waals surface area contributed by atoms with Crippen LogP contribution in [-0.2, 0) is 6.61 Å². The van der Waals surface area contributed by atoms with Crippen LogP contribution in [0.3, 0.4) is 0 Å². The Morgan fingerprint density at radius 3 is 2.68 bits per heavy atom. The fourth-order valence-electron chi connectivity index (χ4n) is 2.54. The fraction of sp³-hybridized carbons (Fsp3) is 0.0556. The minimum Gasteiger partial charge on any atom is -0.507 e. The summed E-state index contributed by atoms with van der Waals surface area (Å²) in [4.78, 5) is 4.48. The molecule has 0 atom stereocenters. The molecule has 1 aromatic heterocycles. The number of aliphatic hydroxyl groups excluding tert-OH is 1. The van der Waals surface area contributed by atoms with Gasteiger partial charge >= 0.3 is 0 Å². The first-order chi connectivity index (χ1) is 10.6. The van der Waals surface area contributed by atoms with Gasteiger partial charge in [0.2, 0.25) is 0 Å². The van der Waals surface area contributed by atoms with E-state index in [4.69, 9.17) is 0 Å². The molecule has 3 nitrogen and oxygen atoms in total. The van der Waals surface area contributed by atoms with E-state index in [1.165, 1.54) is 18.2 Å². The number of rotatable bonds is 3. The number of aromatic nitrogens is 1. The molecular formula is C18H14FNO2. The molecule has 0 aliphatic rings. The van der Waals surface area contributed by atoms with E-state index in [-0.39, 0.29) is 18.2 Å². The first-order valence-corrected chi connectivity index (χ1v) is 6.79. The third kappa shape index (κ3) is 2.34.